The zero-order valence-electron chi connectivity index (χ0n) is 15.6. The predicted octanol–water partition coefficient (Wildman–Crippen LogP) is 4.49. The Balaban J connectivity index is 1.37. The topological polar surface area (TPSA) is 60.2 Å². The fourth-order valence-corrected chi connectivity index (χ4v) is 4.82. The molecule has 144 valence electrons. The third-order valence-corrected chi connectivity index (χ3v) is 6.35. The van der Waals surface area contributed by atoms with Gasteiger partial charge in [-0.1, -0.05) is 29.8 Å². The molecule has 2 amide bonds. The molecule has 1 fully saturated rings. The highest BCUT2D eigenvalue weighted by Gasteiger charge is 2.42. The van der Waals surface area contributed by atoms with Crippen molar-refractivity contribution < 1.29 is 4.79 Å². The Morgan fingerprint density at radius 1 is 1.11 bits per heavy atom. The van der Waals surface area contributed by atoms with Gasteiger partial charge in [0.15, 0.2) is 0 Å². The zero-order valence-corrected chi connectivity index (χ0v) is 16.4. The number of H-pyrrole nitrogens is 1. The summed E-state index contributed by atoms with van der Waals surface area (Å²) in [5.74, 6) is 0. The zero-order chi connectivity index (χ0) is 19.1. The fraction of sp³-hybridized carbons (Fsp3) is 0.318. The van der Waals surface area contributed by atoms with Gasteiger partial charge in [-0.2, -0.15) is 0 Å². The Bertz CT molecular complexity index is 1020. The van der Waals surface area contributed by atoms with Crippen molar-refractivity contribution in [3.05, 3.63) is 64.8 Å². The summed E-state index contributed by atoms with van der Waals surface area (Å²) in [7, 11) is 0. The first-order valence-corrected chi connectivity index (χ1v) is 10.2. The number of aromatic nitrogens is 1. The second-order valence-corrected chi connectivity index (χ2v) is 8.15. The van der Waals surface area contributed by atoms with Crippen LogP contribution in [0.25, 0.3) is 10.9 Å². The molecule has 1 spiro atoms. The van der Waals surface area contributed by atoms with Crippen LogP contribution in [-0.4, -0.2) is 35.5 Å². The Hall–Kier alpha value is -2.50. The fourth-order valence-electron chi connectivity index (χ4n) is 4.65. The number of nitrogens with zero attached hydrogens (tertiary/aromatic N) is 1. The number of carbonyl (C=O) groups excluding carboxylic acids is 1. The van der Waals surface area contributed by atoms with E-state index < -0.39 is 0 Å². The van der Waals surface area contributed by atoms with Crippen molar-refractivity contribution in [2.75, 3.05) is 25.0 Å². The lowest BCUT2D eigenvalue weighted by atomic mass is 9.79. The van der Waals surface area contributed by atoms with E-state index in [4.69, 9.17) is 11.6 Å². The van der Waals surface area contributed by atoms with Gasteiger partial charge in [-0.25, -0.2) is 4.79 Å². The van der Waals surface area contributed by atoms with E-state index in [1.54, 1.807) is 0 Å². The summed E-state index contributed by atoms with van der Waals surface area (Å²) in [6.07, 6.45) is 2.78. The van der Waals surface area contributed by atoms with E-state index in [-0.39, 0.29) is 11.6 Å². The molecule has 2 aromatic carbocycles. The number of nitrogens with one attached hydrogen (secondary N) is 3. The van der Waals surface area contributed by atoms with Gasteiger partial charge in [-0.3, -0.25) is 0 Å². The third-order valence-electron chi connectivity index (χ3n) is 6.11. The first-order chi connectivity index (χ1) is 13.6. The summed E-state index contributed by atoms with van der Waals surface area (Å²) in [6, 6.07) is 15.7. The number of fused-ring (bicyclic) bond motifs is 4. The van der Waals surface area contributed by atoms with Gasteiger partial charge in [-0.15, -0.1) is 0 Å². The number of carbonyl (C=O) groups is 1. The first kappa shape index (κ1) is 17.6. The van der Waals surface area contributed by atoms with E-state index >= 15 is 0 Å². The van der Waals surface area contributed by atoms with Crippen LogP contribution in [0.3, 0.4) is 0 Å². The molecular formula is C22H23ClN4O. The molecule has 2 aliphatic rings. The average molecular weight is 395 g/mol. The van der Waals surface area contributed by atoms with Crippen LogP contribution in [0.1, 0.15) is 24.1 Å². The molecule has 3 aromatic rings. The molecule has 6 heteroatoms. The number of likely N-dealkylation sites (tertiary alicyclic amines) is 1. The number of halogens is 1. The summed E-state index contributed by atoms with van der Waals surface area (Å²) >= 11 is 6.24. The molecule has 0 aliphatic carbocycles. The Labute approximate surface area is 169 Å². The molecular weight excluding hydrogens is 372 g/mol. The van der Waals surface area contributed by atoms with E-state index in [1.165, 1.54) is 16.6 Å². The first-order valence-electron chi connectivity index (χ1n) is 9.81. The molecule has 0 saturated carbocycles. The van der Waals surface area contributed by atoms with Gasteiger partial charge in [0.1, 0.15) is 0 Å². The second kappa shape index (κ2) is 6.83. The summed E-state index contributed by atoms with van der Waals surface area (Å²) < 4.78 is 0. The second-order valence-electron chi connectivity index (χ2n) is 7.71. The molecule has 0 atom stereocenters. The standard InChI is InChI=1S/C22H23ClN4O/c23-15-6-7-19-18(14-15)17-8-11-24-22(20(17)26-19)9-12-27(13-10-22)21(28)25-16-4-2-1-3-5-16/h1-7,14,24,26H,8-13H2,(H,25,28). The van der Waals surface area contributed by atoms with Crippen molar-refractivity contribution >= 4 is 34.2 Å². The number of piperidine rings is 1. The Kier molecular flexibility index (Phi) is 4.29. The van der Waals surface area contributed by atoms with Crippen LogP contribution < -0.4 is 10.6 Å². The lowest BCUT2D eigenvalue weighted by Crippen LogP contribution is -2.55. The molecule has 0 radical (unpaired) electrons. The molecule has 0 bridgehead atoms. The number of hydrogen-bond donors (Lipinski definition) is 3. The molecule has 28 heavy (non-hydrogen) atoms. The van der Waals surface area contributed by atoms with Gasteiger partial charge in [0, 0.05) is 46.9 Å². The molecule has 3 heterocycles. The molecule has 1 saturated heterocycles. The minimum absolute atomic E-state index is 0.0273. The third kappa shape index (κ3) is 2.95. The summed E-state index contributed by atoms with van der Waals surface area (Å²) in [4.78, 5) is 18.2. The number of amides is 2. The normalized spacial score (nSPS) is 18.2. The summed E-state index contributed by atoms with van der Waals surface area (Å²) in [5, 5.41) is 8.75. The van der Waals surface area contributed by atoms with Crippen molar-refractivity contribution in [2.45, 2.75) is 24.8 Å². The van der Waals surface area contributed by atoms with Crippen LogP contribution >= 0.6 is 11.6 Å². The minimum Gasteiger partial charge on any atom is -0.357 e. The van der Waals surface area contributed by atoms with Crippen LogP contribution in [-0.2, 0) is 12.0 Å². The van der Waals surface area contributed by atoms with Crippen LogP contribution in [0.15, 0.2) is 48.5 Å². The van der Waals surface area contributed by atoms with E-state index in [0.29, 0.717) is 0 Å². The largest absolute Gasteiger partial charge is 0.357 e. The lowest BCUT2D eigenvalue weighted by molar-refractivity contribution is 0.142. The van der Waals surface area contributed by atoms with Crippen molar-refractivity contribution in [2.24, 2.45) is 0 Å². The number of aromatic amines is 1. The highest BCUT2D eigenvalue weighted by Crippen LogP contribution is 2.40. The van der Waals surface area contributed by atoms with E-state index in [0.717, 1.165) is 55.1 Å². The molecule has 0 unspecified atom stereocenters. The molecule has 5 nitrogen and oxygen atoms in total. The predicted molar refractivity (Wildman–Crippen MR) is 113 cm³/mol. The maximum atomic E-state index is 12.6. The molecule has 3 N–H and O–H groups in total. The van der Waals surface area contributed by atoms with Gasteiger partial charge in [0.25, 0.3) is 0 Å². The lowest BCUT2D eigenvalue weighted by Gasteiger charge is -2.44. The number of rotatable bonds is 1. The number of urea groups is 1. The van der Waals surface area contributed by atoms with Gasteiger partial charge in [-0.05, 0) is 55.2 Å². The monoisotopic (exact) mass is 394 g/mol. The van der Waals surface area contributed by atoms with Crippen molar-refractivity contribution in [1.29, 1.82) is 0 Å². The maximum absolute atomic E-state index is 12.6. The molecule has 2 aliphatic heterocycles. The van der Waals surface area contributed by atoms with Crippen LogP contribution in [0.5, 0.6) is 0 Å². The highest BCUT2D eigenvalue weighted by molar-refractivity contribution is 6.31. The van der Waals surface area contributed by atoms with Crippen LogP contribution in [0.2, 0.25) is 5.02 Å². The summed E-state index contributed by atoms with van der Waals surface area (Å²) in [6.45, 7) is 2.39. The smallest absolute Gasteiger partial charge is 0.321 e. The minimum atomic E-state index is -0.0946. The number of benzene rings is 2. The van der Waals surface area contributed by atoms with Crippen LogP contribution in [0.4, 0.5) is 10.5 Å². The molecule has 5 rings (SSSR count). The number of hydrogen-bond acceptors (Lipinski definition) is 2. The van der Waals surface area contributed by atoms with Gasteiger partial charge < -0.3 is 20.5 Å². The van der Waals surface area contributed by atoms with Crippen molar-refractivity contribution in [1.82, 2.24) is 15.2 Å². The number of anilines is 1. The van der Waals surface area contributed by atoms with Gasteiger partial charge in [0.05, 0.1) is 5.54 Å². The quantitative estimate of drug-likeness (QED) is 0.569. The SMILES string of the molecule is O=C(Nc1ccccc1)N1CCC2(CC1)NCCc1c2[nH]c2ccc(Cl)cc12. The van der Waals surface area contributed by atoms with Crippen molar-refractivity contribution in [3.63, 3.8) is 0 Å². The van der Waals surface area contributed by atoms with Gasteiger partial charge in [0.2, 0.25) is 0 Å². The Morgan fingerprint density at radius 2 is 1.89 bits per heavy atom. The van der Waals surface area contributed by atoms with Crippen molar-refractivity contribution in [3.8, 4) is 0 Å². The highest BCUT2D eigenvalue weighted by atomic mass is 35.5. The average Bonchev–Trinajstić information content (AvgIpc) is 3.09. The maximum Gasteiger partial charge on any atom is 0.321 e. The Morgan fingerprint density at radius 3 is 2.68 bits per heavy atom. The van der Waals surface area contributed by atoms with E-state index in [1.807, 2.05) is 41.3 Å². The van der Waals surface area contributed by atoms with E-state index in [2.05, 4.69) is 27.8 Å². The number of para-hydroxylation sites is 1. The van der Waals surface area contributed by atoms with Gasteiger partial charge >= 0.3 is 6.03 Å². The van der Waals surface area contributed by atoms with Crippen LogP contribution in [0, 0.1) is 0 Å². The van der Waals surface area contributed by atoms with E-state index in [9.17, 15) is 4.79 Å². The summed E-state index contributed by atoms with van der Waals surface area (Å²) in [5.41, 5.74) is 4.53. The molecule has 1 aromatic heterocycles.